The van der Waals surface area contributed by atoms with Crippen molar-refractivity contribution in [3.8, 4) is 0 Å². The maximum atomic E-state index is 13.3. The lowest BCUT2D eigenvalue weighted by Gasteiger charge is -2.25. The van der Waals surface area contributed by atoms with E-state index in [2.05, 4.69) is 9.80 Å². The zero-order valence-electron chi connectivity index (χ0n) is 18.4. The quantitative estimate of drug-likeness (QED) is 0.594. The molecule has 3 atom stereocenters. The van der Waals surface area contributed by atoms with E-state index in [-0.39, 0.29) is 5.82 Å². The second kappa shape index (κ2) is 12.0. The number of rotatable bonds is 3. The van der Waals surface area contributed by atoms with Gasteiger partial charge >= 0.3 is 24.3 Å². The van der Waals surface area contributed by atoms with Gasteiger partial charge in [-0.25, -0.2) is 14.0 Å². The van der Waals surface area contributed by atoms with E-state index in [0.29, 0.717) is 6.04 Å². The first-order valence-corrected chi connectivity index (χ1v) is 10.6. The van der Waals surface area contributed by atoms with Gasteiger partial charge in [-0.05, 0) is 36.0 Å². The van der Waals surface area contributed by atoms with Gasteiger partial charge < -0.3 is 14.9 Å². The molecular formula is C21H25F7N2O5. The highest BCUT2D eigenvalue weighted by Gasteiger charge is 2.42. The first kappa shape index (κ1) is 28.8. The summed E-state index contributed by atoms with van der Waals surface area (Å²) >= 11 is 0. The Hall–Kier alpha value is -2.45. The lowest BCUT2D eigenvalue weighted by Crippen LogP contribution is -2.36. The molecule has 1 aromatic rings. The number of halogens is 7. The molecule has 0 bridgehead atoms. The standard InChI is InChI=1S/C17H23FN2O.2C2HF3O2/c18-16-3-1-2-13(6-16)7-19-8-14-10-20(11-15(14)9-19)17-4-5-21-12-17;2*3-2(4,5)1(6)7/h1-3,6,14-15,17H,4-5,7-12H2;2*(H,6,7)/t14-,15+,17?;;. The molecule has 1 unspecified atom stereocenters. The van der Waals surface area contributed by atoms with E-state index in [1.165, 1.54) is 25.6 Å². The predicted molar refractivity (Wildman–Crippen MR) is 107 cm³/mol. The van der Waals surface area contributed by atoms with Crippen molar-refractivity contribution in [1.29, 1.82) is 0 Å². The summed E-state index contributed by atoms with van der Waals surface area (Å²) in [7, 11) is 0. The topological polar surface area (TPSA) is 90.3 Å². The van der Waals surface area contributed by atoms with Crippen molar-refractivity contribution in [2.24, 2.45) is 11.8 Å². The average Bonchev–Trinajstić information content (AvgIpc) is 3.43. The molecule has 0 radical (unpaired) electrons. The first-order chi connectivity index (χ1) is 16.2. The van der Waals surface area contributed by atoms with E-state index in [1.54, 1.807) is 6.07 Å². The van der Waals surface area contributed by atoms with Crippen LogP contribution in [0.2, 0.25) is 0 Å². The molecule has 4 rings (SSSR count). The number of carbonyl (C=O) groups is 2. The summed E-state index contributed by atoms with van der Waals surface area (Å²) in [6, 6.07) is 7.68. The van der Waals surface area contributed by atoms with Crippen LogP contribution < -0.4 is 0 Å². The maximum Gasteiger partial charge on any atom is 0.490 e. The molecule has 3 aliphatic rings. The SMILES string of the molecule is Fc1cccc(CN2C[C@@H]3CN(C4CCOC4)C[C@@H]3C2)c1.O=C(O)C(F)(F)F.O=C(O)C(F)(F)F. The zero-order valence-corrected chi connectivity index (χ0v) is 18.4. The fourth-order valence-corrected chi connectivity index (χ4v) is 4.26. The summed E-state index contributed by atoms with van der Waals surface area (Å²) in [5, 5.41) is 14.2. The number of aliphatic carboxylic acids is 2. The molecular weight excluding hydrogens is 493 g/mol. The van der Waals surface area contributed by atoms with Crippen LogP contribution >= 0.6 is 0 Å². The van der Waals surface area contributed by atoms with Gasteiger partial charge in [0.05, 0.1) is 6.61 Å². The summed E-state index contributed by atoms with van der Waals surface area (Å²) in [5.41, 5.74) is 1.09. The normalized spacial score (nSPS) is 24.7. The highest BCUT2D eigenvalue weighted by Crippen LogP contribution is 2.34. The van der Waals surface area contributed by atoms with Crippen molar-refractivity contribution in [3.63, 3.8) is 0 Å². The molecule has 2 N–H and O–H groups in total. The number of hydrogen-bond donors (Lipinski definition) is 2. The number of carboxylic acid groups (broad SMARTS) is 2. The van der Waals surface area contributed by atoms with Crippen LogP contribution in [-0.4, -0.2) is 89.7 Å². The van der Waals surface area contributed by atoms with Crippen molar-refractivity contribution < 1.29 is 55.3 Å². The third kappa shape index (κ3) is 9.26. The van der Waals surface area contributed by atoms with Gasteiger partial charge in [-0.15, -0.1) is 0 Å². The smallest absolute Gasteiger partial charge is 0.475 e. The van der Waals surface area contributed by atoms with Crippen LogP contribution in [0, 0.1) is 17.7 Å². The lowest BCUT2D eigenvalue weighted by molar-refractivity contribution is -0.193. The van der Waals surface area contributed by atoms with E-state index in [1.807, 2.05) is 12.1 Å². The molecule has 0 aromatic heterocycles. The first-order valence-electron chi connectivity index (χ1n) is 10.6. The van der Waals surface area contributed by atoms with Gasteiger partial charge in [-0.1, -0.05) is 12.1 Å². The molecule has 0 spiro atoms. The van der Waals surface area contributed by atoms with E-state index < -0.39 is 24.3 Å². The third-order valence-electron chi connectivity index (χ3n) is 5.79. The molecule has 7 nitrogen and oxygen atoms in total. The van der Waals surface area contributed by atoms with Crippen LogP contribution in [0.25, 0.3) is 0 Å². The molecule has 0 aliphatic carbocycles. The van der Waals surface area contributed by atoms with Gasteiger partial charge in [0.25, 0.3) is 0 Å². The number of fused-ring (bicyclic) bond motifs is 1. The highest BCUT2D eigenvalue weighted by atomic mass is 19.4. The van der Waals surface area contributed by atoms with Gasteiger partial charge in [-0.2, -0.15) is 26.3 Å². The van der Waals surface area contributed by atoms with Gasteiger partial charge in [0.15, 0.2) is 0 Å². The fraction of sp³-hybridized carbons (Fsp3) is 0.619. The molecule has 198 valence electrons. The Morgan fingerprint density at radius 2 is 1.46 bits per heavy atom. The Labute approximate surface area is 196 Å². The summed E-state index contributed by atoms with van der Waals surface area (Å²) < 4.78 is 82.2. The van der Waals surface area contributed by atoms with Crippen molar-refractivity contribution in [2.45, 2.75) is 31.4 Å². The van der Waals surface area contributed by atoms with Crippen LogP contribution in [0.3, 0.4) is 0 Å². The summed E-state index contributed by atoms with van der Waals surface area (Å²) in [6.07, 6.45) is -8.97. The van der Waals surface area contributed by atoms with Crippen LogP contribution in [0.4, 0.5) is 30.7 Å². The molecule has 14 heteroatoms. The Bertz CT molecular complexity index is 821. The van der Waals surface area contributed by atoms with Gasteiger partial charge in [0.1, 0.15) is 5.82 Å². The molecule has 0 saturated carbocycles. The van der Waals surface area contributed by atoms with E-state index in [9.17, 15) is 30.7 Å². The van der Waals surface area contributed by atoms with Gasteiger partial charge in [0.2, 0.25) is 0 Å². The number of benzene rings is 1. The molecule has 3 aliphatic heterocycles. The minimum atomic E-state index is -5.08. The second-order valence-electron chi connectivity index (χ2n) is 8.42. The van der Waals surface area contributed by atoms with Gasteiger partial charge in [-0.3, -0.25) is 9.80 Å². The number of nitrogens with zero attached hydrogens (tertiary/aromatic N) is 2. The fourth-order valence-electron chi connectivity index (χ4n) is 4.26. The van der Waals surface area contributed by atoms with Crippen LogP contribution in [0.1, 0.15) is 12.0 Å². The largest absolute Gasteiger partial charge is 0.490 e. The molecule has 3 fully saturated rings. The zero-order chi connectivity index (χ0) is 26.4. The van der Waals surface area contributed by atoms with E-state index in [0.717, 1.165) is 50.2 Å². The van der Waals surface area contributed by atoms with Crippen LogP contribution in [-0.2, 0) is 20.9 Å². The van der Waals surface area contributed by atoms with Crippen molar-refractivity contribution in [1.82, 2.24) is 9.80 Å². The molecule has 3 saturated heterocycles. The van der Waals surface area contributed by atoms with Crippen molar-refractivity contribution in [2.75, 3.05) is 39.4 Å². The molecule has 1 aromatic carbocycles. The minimum absolute atomic E-state index is 0.126. The van der Waals surface area contributed by atoms with Gasteiger partial charge in [0, 0.05) is 45.4 Å². The third-order valence-corrected chi connectivity index (χ3v) is 5.79. The number of likely N-dealkylation sites (tertiary alicyclic amines) is 2. The maximum absolute atomic E-state index is 13.3. The van der Waals surface area contributed by atoms with E-state index in [4.69, 9.17) is 24.5 Å². The number of ether oxygens (including phenoxy) is 1. The number of carboxylic acids is 2. The monoisotopic (exact) mass is 518 g/mol. The van der Waals surface area contributed by atoms with Crippen LogP contribution in [0.5, 0.6) is 0 Å². The summed E-state index contributed by atoms with van der Waals surface area (Å²) in [4.78, 5) is 22.9. The van der Waals surface area contributed by atoms with Crippen molar-refractivity contribution >= 4 is 11.9 Å². The minimum Gasteiger partial charge on any atom is -0.475 e. The Morgan fingerprint density at radius 1 is 0.943 bits per heavy atom. The van der Waals surface area contributed by atoms with Crippen molar-refractivity contribution in [3.05, 3.63) is 35.6 Å². The summed E-state index contributed by atoms with van der Waals surface area (Å²) in [5.74, 6) is -4.06. The van der Waals surface area contributed by atoms with E-state index >= 15 is 0 Å². The molecule has 35 heavy (non-hydrogen) atoms. The number of hydrogen-bond acceptors (Lipinski definition) is 5. The highest BCUT2D eigenvalue weighted by molar-refractivity contribution is 5.73. The summed E-state index contributed by atoms with van der Waals surface area (Å²) in [6.45, 7) is 7.50. The Balaban J connectivity index is 0.000000257. The Kier molecular flexibility index (Phi) is 9.86. The number of alkyl halides is 6. The van der Waals surface area contributed by atoms with Crippen LogP contribution in [0.15, 0.2) is 24.3 Å². The second-order valence-corrected chi connectivity index (χ2v) is 8.42. The average molecular weight is 518 g/mol. The predicted octanol–water partition coefficient (Wildman–Crippen LogP) is 3.24. The lowest BCUT2D eigenvalue weighted by atomic mass is 10.0. The molecule has 0 amide bonds. The molecule has 3 heterocycles. The Morgan fingerprint density at radius 3 is 1.86 bits per heavy atom.